The summed E-state index contributed by atoms with van der Waals surface area (Å²) in [6.45, 7) is 9.74. The fourth-order valence-electron chi connectivity index (χ4n) is 4.15. The van der Waals surface area contributed by atoms with Crippen LogP contribution >= 0.6 is 11.8 Å². The van der Waals surface area contributed by atoms with E-state index in [-0.39, 0.29) is 0 Å². The number of thioether (sulfide) groups is 1. The third kappa shape index (κ3) is 4.40. The van der Waals surface area contributed by atoms with Crippen LogP contribution in [0.4, 0.5) is 0 Å². The van der Waals surface area contributed by atoms with Crippen LogP contribution in [0.1, 0.15) is 72.6 Å². The Morgan fingerprint density at radius 2 is 1.75 bits per heavy atom. The summed E-state index contributed by atoms with van der Waals surface area (Å²) in [5.41, 5.74) is 0.484. The highest BCUT2D eigenvalue weighted by Crippen LogP contribution is 2.44. The van der Waals surface area contributed by atoms with Gasteiger partial charge in [-0.15, -0.1) is 0 Å². The van der Waals surface area contributed by atoms with Gasteiger partial charge in [0.05, 0.1) is 0 Å². The molecule has 0 aliphatic heterocycles. The van der Waals surface area contributed by atoms with E-state index in [1.54, 1.807) is 0 Å². The molecule has 0 amide bonds. The van der Waals surface area contributed by atoms with Crippen molar-refractivity contribution in [1.29, 1.82) is 0 Å². The van der Waals surface area contributed by atoms with Gasteiger partial charge in [0.15, 0.2) is 0 Å². The molecule has 0 spiro atoms. The first-order valence-corrected chi connectivity index (χ1v) is 9.67. The highest BCUT2D eigenvalue weighted by molar-refractivity contribution is 8.00. The van der Waals surface area contributed by atoms with Gasteiger partial charge in [0, 0.05) is 16.5 Å². The van der Waals surface area contributed by atoms with Crippen molar-refractivity contribution in [3.63, 3.8) is 0 Å². The predicted molar refractivity (Wildman–Crippen MR) is 92.4 cm³/mol. The zero-order valence-electron chi connectivity index (χ0n) is 14.2. The van der Waals surface area contributed by atoms with Crippen molar-refractivity contribution in [1.82, 2.24) is 5.32 Å². The molecule has 5 atom stereocenters. The molecular formula is C18H35NS. The zero-order chi connectivity index (χ0) is 14.8. The average Bonchev–Trinajstić information content (AvgIpc) is 2.37. The second-order valence-corrected chi connectivity index (χ2v) is 9.88. The molecule has 2 rings (SSSR count). The van der Waals surface area contributed by atoms with Gasteiger partial charge in [0.1, 0.15) is 0 Å². The molecule has 0 heterocycles. The van der Waals surface area contributed by atoms with Crippen LogP contribution in [-0.4, -0.2) is 23.6 Å². The van der Waals surface area contributed by atoms with Crippen molar-refractivity contribution in [2.45, 2.75) is 89.2 Å². The molecule has 5 unspecified atom stereocenters. The van der Waals surface area contributed by atoms with Gasteiger partial charge in [-0.1, -0.05) is 40.5 Å². The van der Waals surface area contributed by atoms with Crippen LogP contribution in [0.25, 0.3) is 0 Å². The first kappa shape index (κ1) is 16.7. The molecule has 0 bridgehead atoms. The van der Waals surface area contributed by atoms with E-state index in [9.17, 15) is 0 Å². The van der Waals surface area contributed by atoms with E-state index in [1.807, 2.05) is 0 Å². The Morgan fingerprint density at radius 3 is 2.35 bits per heavy atom. The third-order valence-corrected chi connectivity index (χ3v) is 7.33. The summed E-state index contributed by atoms with van der Waals surface area (Å²) in [4.78, 5) is 0. The minimum atomic E-state index is 0.484. The van der Waals surface area contributed by atoms with Gasteiger partial charge in [0.2, 0.25) is 0 Å². The second kappa shape index (κ2) is 7.05. The maximum atomic E-state index is 3.61. The van der Waals surface area contributed by atoms with Gasteiger partial charge in [-0.25, -0.2) is 0 Å². The summed E-state index contributed by atoms with van der Waals surface area (Å²) in [7, 11) is 2.17. The fourth-order valence-corrected chi connectivity index (χ4v) is 6.19. The minimum absolute atomic E-state index is 0.484. The first-order valence-electron chi connectivity index (χ1n) is 8.73. The summed E-state index contributed by atoms with van der Waals surface area (Å²) >= 11 is 2.34. The standard InChI is InChI=1S/C18H35NS/c1-13-7-6-8-15(11-13)20-17-12-14(18(2,3)4)9-10-16(17)19-5/h13-17,19H,6-12H2,1-5H3. The predicted octanol–water partition coefficient (Wildman–Crippen LogP) is 5.10. The molecule has 1 N–H and O–H groups in total. The molecule has 2 aliphatic carbocycles. The molecule has 0 aromatic heterocycles. The molecule has 0 saturated heterocycles. The van der Waals surface area contributed by atoms with Crippen LogP contribution in [0.3, 0.4) is 0 Å². The summed E-state index contributed by atoms with van der Waals surface area (Å²) in [5.74, 6) is 1.86. The Kier molecular flexibility index (Phi) is 5.88. The van der Waals surface area contributed by atoms with Crippen LogP contribution in [-0.2, 0) is 0 Å². The Labute approximate surface area is 131 Å². The van der Waals surface area contributed by atoms with Gasteiger partial charge >= 0.3 is 0 Å². The van der Waals surface area contributed by atoms with Crippen molar-refractivity contribution in [3.8, 4) is 0 Å². The van der Waals surface area contributed by atoms with Crippen molar-refractivity contribution in [3.05, 3.63) is 0 Å². The van der Waals surface area contributed by atoms with E-state index in [0.29, 0.717) is 5.41 Å². The van der Waals surface area contributed by atoms with Crippen molar-refractivity contribution >= 4 is 11.8 Å². The normalized spacial score (nSPS) is 39.8. The second-order valence-electron chi connectivity index (χ2n) is 8.34. The zero-order valence-corrected chi connectivity index (χ0v) is 15.1. The lowest BCUT2D eigenvalue weighted by Crippen LogP contribution is -2.44. The SMILES string of the molecule is CNC1CCC(C(C)(C)C)CC1SC1CCCC(C)C1. The van der Waals surface area contributed by atoms with Crippen LogP contribution in [0.15, 0.2) is 0 Å². The molecule has 2 fully saturated rings. The van der Waals surface area contributed by atoms with Crippen molar-refractivity contribution in [2.24, 2.45) is 17.3 Å². The lowest BCUT2D eigenvalue weighted by Gasteiger charge is -2.43. The monoisotopic (exact) mass is 297 g/mol. The maximum Gasteiger partial charge on any atom is 0.0206 e. The quantitative estimate of drug-likeness (QED) is 0.777. The molecule has 0 aromatic carbocycles. The lowest BCUT2D eigenvalue weighted by molar-refractivity contribution is 0.166. The third-order valence-electron chi connectivity index (χ3n) is 5.64. The molecule has 1 nitrogen and oxygen atoms in total. The van der Waals surface area contributed by atoms with E-state index in [4.69, 9.17) is 0 Å². The topological polar surface area (TPSA) is 12.0 Å². The van der Waals surface area contributed by atoms with Gasteiger partial charge in [-0.05, 0) is 56.4 Å². The Morgan fingerprint density at radius 1 is 1.00 bits per heavy atom. The molecule has 20 heavy (non-hydrogen) atoms. The van der Waals surface area contributed by atoms with E-state index < -0.39 is 0 Å². The van der Waals surface area contributed by atoms with Gasteiger partial charge < -0.3 is 5.32 Å². The summed E-state index contributed by atoms with van der Waals surface area (Å²) < 4.78 is 0. The molecule has 0 aromatic rings. The van der Waals surface area contributed by atoms with E-state index in [2.05, 4.69) is 51.8 Å². The Bertz CT molecular complexity index is 296. The highest BCUT2D eigenvalue weighted by Gasteiger charge is 2.37. The lowest BCUT2D eigenvalue weighted by atomic mass is 9.71. The van der Waals surface area contributed by atoms with Gasteiger partial charge in [0.25, 0.3) is 0 Å². The Balaban J connectivity index is 1.94. The maximum absolute atomic E-state index is 3.61. The van der Waals surface area contributed by atoms with Crippen LogP contribution in [0.5, 0.6) is 0 Å². The van der Waals surface area contributed by atoms with E-state index in [0.717, 1.165) is 28.4 Å². The number of hydrogen-bond donors (Lipinski definition) is 1. The first-order chi connectivity index (χ1) is 9.40. The largest absolute Gasteiger partial charge is 0.316 e. The fraction of sp³-hybridized carbons (Fsp3) is 1.00. The molecular weight excluding hydrogens is 262 g/mol. The average molecular weight is 298 g/mol. The molecule has 118 valence electrons. The number of hydrogen-bond acceptors (Lipinski definition) is 2. The van der Waals surface area contributed by atoms with Gasteiger partial charge in [-0.3, -0.25) is 0 Å². The van der Waals surface area contributed by atoms with Crippen LogP contribution in [0.2, 0.25) is 0 Å². The summed E-state index contributed by atoms with van der Waals surface area (Å²) in [5, 5.41) is 5.38. The number of rotatable bonds is 3. The minimum Gasteiger partial charge on any atom is -0.316 e. The summed E-state index contributed by atoms with van der Waals surface area (Å²) in [6.07, 6.45) is 10.0. The molecule has 0 radical (unpaired) electrons. The van der Waals surface area contributed by atoms with Crippen molar-refractivity contribution in [2.75, 3.05) is 7.05 Å². The van der Waals surface area contributed by atoms with E-state index in [1.165, 1.54) is 44.9 Å². The van der Waals surface area contributed by atoms with Crippen molar-refractivity contribution < 1.29 is 0 Å². The summed E-state index contributed by atoms with van der Waals surface area (Å²) in [6, 6.07) is 0.746. The van der Waals surface area contributed by atoms with Crippen LogP contribution < -0.4 is 5.32 Å². The smallest absolute Gasteiger partial charge is 0.0206 e. The van der Waals surface area contributed by atoms with Gasteiger partial charge in [-0.2, -0.15) is 11.8 Å². The molecule has 2 heteroatoms. The van der Waals surface area contributed by atoms with E-state index >= 15 is 0 Å². The molecule has 2 aliphatic rings. The Hall–Kier alpha value is 0.310. The van der Waals surface area contributed by atoms with Crippen LogP contribution in [0, 0.1) is 17.3 Å². The molecule has 2 saturated carbocycles. The number of nitrogens with one attached hydrogen (secondary N) is 1. The highest BCUT2D eigenvalue weighted by atomic mass is 32.2.